The van der Waals surface area contributed by atoms with Crippen molar-refractivity contribution in [2.75, 3.05) is 20.3 Å². The van der Waals surface area contributed by atoms with Gasteiger partial charge in [0.05, 0.1) is 11.2 Å². The number of rotatable bonds is 8. The molecule has 120 valence electrons. The van der Waals surface area contributed by atoms with Crippen LogP contribution < -0.4 is 10.7 Å². The Bertz CT molecular complexity index is 532. The Balaban J connectivity index is 2.36. The third-order valence-electron chi connectivity index (χ3n) is 2.55. The number of benzene rings is 1. The molecule has 22 heavy (non-hydrogen) atoms. The summed E-state index contributed by atoms with van der Waals surface area (Å²) in [4.78, 5) is 22.9. The summed E-state index contributed by atoms with van der Waals surface area (Å²) in [5.41, 5.74) is 2.20. The summed E-state index contributed by atoms with van der Waals surface area (Å²) in [6.07, 6.45) is 1.38. The van der Waals surface area contributed by atoms with Crippen LogP contribution in [-0.4, -0.2) is 38.3 Å². The first kappa shape index (κ1) is 18.1. The van der Waals surface area contributed by atoms with Crippen molar-refractivity contribution in [2.24, 2.45) is 5.10 Å². The lowest BCUT2D eigenvalue weighted by atomic mass is 10.2. The maximum atomic E-state index is 13.4. The molecule has 0 aliphatic rings. The Labute approximate surface area is 132 Å². The number of nitrogens with zero attached hydrogens (tertiary/aromatic N) is 1. The summed E-state index contributed by atoms with van der Waals surface area (Å²) in [6.45, 7) is 0.953. The van der Waals surface area contributed by atoms with Gasteiger partial charge in [0.1, 0.15) is 12.2 Å². The first-order valence-electron chi connectivity index (χ1n) is 6.56. The van der Waals surface area contributed by atoms with Crippen molar-refractivity contribution in [3.05, 3.63) is 34.6 Å². The average molecular weight is 330 g/mol. The van der Waals surface area contributed by atoms with Crippen molar-refractivity contribution < 1.29 is 18.7 Å². The standard InChI is InChI=1S/C14H17ClFN3O3/c1-22-7-3-6-17-13(20)8-14(21)19-18-9-10-11(15)4-2-5-12(10)16/h2,4-5,9H,3,6-8H2,1H3,(H,17,20)(H,19,21)/b18-9-. The van der Waals surface area contributed by atoms with Crippen LogP contribution in [0.25, 0.3) is 0 Å². The Morgan fingerprint density at radius 3 is 2.86 bits per heavy atom. The number of carbonyl (C=O) groups excluding carboxylic acids is 2. The van der Waals surface area contributed by atoms with Crippen LogP contribution in [0, 0.1) is 5.82 Å². The quantitative estimate of drug-likeness (QED) is 0.328. The minimum Gasteiger partial charge on any atom is -0.385 e. The van der Waals surface area contributed by atoms with Crippen molar-refractivity contribution in [3.8, 4) is 0 Å². The molecule has 6 nitrogen and oxygen atoms in total. The van der Waals surface area contributed by atoms with Gasteiger partial charge in [0, 0.05) is 25.8 Å². The highest BCUT2D eigenvalue weighted by Gasteiger charge is 2.08. The van der Waals surface area contributed by atoms with Gasteiger partial charge >= 0.3 is 0 Å². The van der Waals surface area contributed by atoms with E-state index in [1.54, 1.807) is 7.11 Å². The van der Waals surface area contributed by atoms with Gasteiger partial charge in [-0.05, 0) is 18.6 Å². The Hall–Kier alpha value is -1.99. The molecular formula is C14H17ClFN3O3. The fraction of sp³-hybridized carbons (Fsp3) is 0.357. The molecule has 8 heteroatoms. The molecule has 0 saturated heterocycles. The summed E-state index contributed by atoms with van der Waals surface area (Å²) in [5.74, 6) is -1.58. The van der Waals surface area contributed by atoms with Crippen LogP contribution in [0.5, 0.6) is 0 Å². The van der Waals surface area contributed by atoms with Crippen LogP contribution in [0.4, 0.5) is 4.39 Å². The highest BCUT2D eigenvalue weighted by molar-refractivity contribution is 6.33. The van der Waals surface area contributed by atoms with E-state index in [1.807, 2.05) is 0 Å². The van der Waals surface area contributed by atoms with Crippen LogP contribution in [0.2, 0.25) is 5.02 Å². The van der Waals surface area contributed by atoms with E-state index < -0.39 is 17.6 Å². The Kier molecular flexibility index (Phi) is 8.09. The van der Waals surface area contributed by atoms with E-state index >= 15 is 0 Å². The number of nitrogens with one attached hydrogen (secondary N) is 2. The Morgan fingerprint density at radius 1 is 1.41 bits per heavy atom. The van der Waals surface area contributed by atoms with Gasteiger partial charge in [0.2, 0.25) is 11.8 Å². The van der Waals surface area contributed by atoms with Crippen molar-refractivity contribution in [1.82, 2.24) is 10.7 Å². The van der Waals surface area contributed by atoms with Crippen molar-refractivity contribution in [1.29, 1.82) is 0 Å². The third-order valence-corrected chi connectivity index (χ3v) is 2.88. The Morgan fingerprint density at radius 2 is 2.18 bits per heavy atom. The second kappa shape index (κ2) is 9.86. The number of carbonyl (C=O) groups is 2. The van der Waals surface area contributed by atoms with Gasteiger partial charge in [-0.2, -0.15) is 5.10 Å². The molecule has 0 spiro atoms. The van der Waals surface area contributed by atoms with E-state index in [2.05, 4.69) is 15.8 Å². The van der Waals surface area contributed by atoms with Gasteiger partial charge < -0.3 is 10.1 Å². The SMILES string of the molecule is COCCCNC(=O)CC(=O)N/N=C\c1c(F)cccc1Cl. The molecular weight excluding hydrogens is 313 g/mol. The molecule has 1 aromatic carbocycles. The fourth-order valence-corrected chi connectivity index (χ4v) is 1.71. The highest BCUT2D eigenvalue weighted by atomic mass is 35.5. The summed E-state index contributed by atoms with van der Waals surface area (Å²) in [5, 5.41) is 6.31. The molecule has 2 N–H and O–H groups in total. The molecule has 0 radical (unpaired) electrons. The van der Waals surface area contributed by atoms with Crippen LogP contribution >= 0.6 is 11.6 Å². The average Bonchev–Trinajstić information content (AvgIpc) is 2.47. The van der Waals surface area contributed by atoms with Crippen LogP contribution in [-0.2, 0) is 14.3 Å². The minimum absolute atomic E-state index is 0.0634. The van der Waals surface area contributed by atoms with Gasteiger partial charge in [-0.25, -0.2) is 9.82 Å². The first-order chi connectivity index (χ1) is 10.5. The molecule has 0 heterocycles. The van der Waals surface area contributed by atoms with Gasteiger partial charge in [-0.15, -0.1) is 0 Å². The van der Waals surface area contributed by atoms with E-state index in [1.165, 1.54) is 18.2 Å². The number of hydrogen-bond donors (Lipinski definition) is 2. The molecule has 0 fully saturated rings. The highest BCUT2D eigenvalue weighted by Crippen LogP contribution is 2.16. The number of amides is 2. The minimum atomic E-state index is -0.604. The number of ether oxygens (including phenoxy) is 1. The van der Waals surface area contributed by atoms with Crippen molar-refractivity contribution in [3.63, 3.8) is 0 Å². The topological polar surface area (TPSA) is 79.8 Å². The predicted octanol–water partition coefficient (Wildman–Crippen LogP) is 1.47. The first-order valence-corrected chi connectivity index (χ1v) is 6.94. The molecule has 0 aromatic heterocycles. The van der Waals surface area contributed by atoms with Crippen molar-refractivity contribution in [2.45, 2.75) is 12.8 Å². The monoisotopic (exact) mass is 329 g/mol. The zero-order chi connectivity index (χ0) is 16.4. The van der Waals surface area contributed by atoms with Gasteiger partial charge in [0.15, 0.2) is 0 Å². The lowest BCUT2D eigenvalue weighted by Gasteiger charge is -2.04. The van der Waals surface area contributed by atoms with Gasteiger partial charge in [0.25, 0.3) is 0 Å². The number of hydrazone groups is 1. The smallest absolute Gasteiger partial charge is 0.249 e. The van der Waals surface area contributed by atoms with Crippen LogP contribution in [0.15, 0.2) is 23.3 Å². The summed E-state index contributed by atoms with van der Waals surface area (Å²) < 4.78 is 18.3. The predicted molar refractivity (Wildman–Crippen MR) is 81.3 cm³/mol. The molecule has 0 bridgehead atoms. The molecule has 0 unspecified atom stereocenters. The molecule has 0 saturated carbocycles. The largest absolute Gasteiger partial charge is 0.385 e. The summed E-state index contributed by atoms with van der Waals surface area (Å²) >= 11 is 5.79. The molecule has 0 aliphatic carbocycles. The summed E-state index contributed by atoms with van der Waals surface area (Å²) in [6, 6.07) is 4.19. The zero-order valence-corrected chi connectivity index (χ0v) is 12.8. The molecule has 1 rings (SSSR count). The number of hydrogen-bond acceptors (Lipinski definition) is 4. The van der Waals surface area contributed by atoms with E-state index in [0.717, 1.165) is 6.21 Å². The molecule has 0 aliphatic heterocycles. The van der Waals surface area contributed by atoms with Crippen LogP contribution in [0.1, 0.15) is 18.4 Å². The lowest BCUT2D eigenvalue weighted by molar-refractivity contribution is -0.129. The summed E-state index contributed by atoms with van der Waals surface area (Å²) in [7, 11) is 1.56. The maximum absolute atomic E-state index is 13.4. The molecule has 2 amide bonds. The van der Waals surface area contributed by atoms with Gasteiger partial charge in [-0.1, -0.05) is 17.7 Å². The lowest BCUT2D eigenvalue weighted by Crippen LogP contribution is -2.30. The fourth-order valence-electron chi connectivity index (χ4n) is 1.50. The number of halogens is 2. The molecule has 0 atom stereocenters. The zero-order valence-electron chi connectivity index (χ0n) is 12.1. The van der Waals surface area contributed by atoms with Crippen LogP contribution in [0.3, 0.4) is 0 Å². The third kappa shape index (κ3) is 6.64. The number of methoxy groups -OCH3 is 1. The van der Waals surface area contributed by atoms with E-state index in [0.29, 0.717) is 19.6 Å². The molecule has 1 aromatic rings. The van der Waals surface area contributed by atoms with E-state index in [-0.39, 0.29) is 17.0 Å². The second-order valence-corrected chi connectivity index (χ2v) is 4.71. The van der Waals surface area contributed by atoms with Crippen molar-refractivity contribution >= 4 is 29.6 Å². The maximum Gasteiger partial charge on any atom is 0.249 e. The normalized spacial score (nSPS) is 10.7. The van der Waals surface area contributed by atoms with E-state index in [4.69, 9.17) is 16.3 Å². The van der Waals surface area contributed by atoms with Gasteiger partial charge in [-0.3, -0.25) is 9.59 Å². The van der Waals surface area contributed by atoms with E-state index in [9.17, 15) is 14.0 Å². The second-order valence-electron chi connectivity index (χ2n) is 4.30.